The van der Waals surface area contributed by atoms with E-state index in [1.165, 1.54) is 0 Å². The Kier molecular flexibility index (Phi) is 3.86. The standard InChI is InChI=1S/C16H23N3O/c1-11-8-12-13(9-18-11)14(17)6-7-15(12)20-10-16(2,3)19(4)5/h6-9H,10,17H2,1-5H3. The quantitative estimate of drug-likeness (QED) is 0.870. The second kappa shape index (κ2) is 5.29. The van der Waals surface area contributed by atoms with Crippen molar-refractivity contribution in [1.29, 1.82) is 0 Å². The summed E-state index contributed by atoms with van der Waals surface area (Å²) in [7, 11) is 4.11. The Morgan fingerprint density at radius 1 is 1.25 bits per heavy atom. The molecule has 0 unspecified atom stereocenters. The number of fused-ring (bicyclic) bond motifs is 1. The number of anilines is 1. The maximum Gasteiger partial charge on any atom is 0.127 e. The number of nitrogen functional groups attached to an aromatic ring is 1. The van der Waals surface area contributed by atoms with Gasteiger partial charge in [-0.25, -0.2) is 0 Å². The highest BCUT2D eigenvalue weighted by molar-refractivity contribution is 5.96. The molecule has 2 aromatic rings. The number of rotatable bonds is 4. The van der Waals surface area contributed by atoms with Gasteiger partial charge in [0.2, 0.25) is 0 Å². The van der Waals surface area contributed by atoms with Crippen LogP contribution in [0.1, 0.15) is 19.5 Å². The van der Waals surface area contributed by atoms with Gasteiger partial charge in [0.05, 0.1) is 0 Å². The maximum absolute atomic E-state index is 6.03. The second-order valence-corrected chi connectivity index (χ2v) is 6.02. The van der Waals surface area contributed by atoms with Crippen LogP contribution < -0.4 is 10.5 Å². The lowest BCUT2D eigenvalue weighted by atomic mass is 10.1. The summed E-state index contributed by atoms with van der Waals surface area (Å²) < 4.78 is 6.03. The number of pyridine rings is 1. The van der Waals surface area contributed by atoms with Gasteiger partial charge in [-0.3, -0.25) is 4.98 Å². The smallest absolute Gasteiger partial charge is 0.127 e. The normalized spacial score (nSPS) is 12.1. The summed E-state index contributed by atoms with van der Waals surface area (Å²) in [5.74, 6) is 0.856. The highest BCUT2D eigenvalue weighted by Crippen LogP contribution is 2.30. The number of nitrogens with zero attached hydrogens (tertiary/aromatic N) is 2. The van der Waals surface area contributed by atoms with E-state index < -0.39 is 0 Å². The Balaban J connectivity index is 2.36. The third-order valence-corrected chi connectivity index (χ3v) is 3.82. The molecule has 4 nitrogen and oxygen atoms in total. The number of likely N-dealkylation sites (N-methyl/N-ethyl adjacent to an activating group) is 1. The Labute approximate surface area is 120 Å². The van der Waals surface area contributed by atoms with Crippen molar-refractivity contribution in [3.05, 3.63) is 30.1 Å². The average Bonchev–Trinajstić information content (AvgIpc) is 2.37. The summed E-state index contributed by atoms with van der Waals surface area (Å²) in [5, 5.41) is 1.96. The van der Waals surface area contributed by atoms with Crippen LogP contribution in [0.5, 0.6) is 5.75 Å². The molecule has 0 amide bonds. The molecular weight excluding hydrogens is 250 g/mol. The molecule has 0 aliphatic carbocycles. The fraction of sp³-hybridized carbons (Fsp3) is 0.438. The van der Waals surface area contributed by atoms with Crippen LogP contribution in [0.15, 0.2) is 24.4 Å². The summed E-state index contributed by atoms with van der Waals surface area (Å²) in [6, 6.07) is 5.82. The molecule has 2 rings (SSSR count). The molecule has 0 atom stereocenters. The second-order valence-electron chi connectivity index (χ2n) is 6.02. The first-order valence-corrected chi connectivity index (χ1v) is 6.76. The highest BCUT2D eigenvalue weighted by Gasteiger charge is 2.21. The molecule has 20 heavy (non-hydrogen) atoms. The zero-order valence-corrected chi connectivity index (χ0v) is 12.9. The van der Waals surface area contributed by atoms with Gasteiger partial charge in [-0.15, -0.1) is 0 Å². The van der Waals surface area contributed by atoms with E-state index in [4.69, 9.17) is 10.5 Å². The fourth-order valence-electron chi connectivity index (χ4n) is 1.85. The van der Waals surface area contributed by atoms with Crippen molar-refractivity contribution in [2.75, 3.05) is 26.4 Å². The molecule has 0 saturated carbocycles. The Hall–Kier alpha value is -1.81. The minimum absolute atomic E-state index is 0.0320. The molecule has 0 aliphatic rings. The predicted molar refractivity (Wildman–Crippen MR) is 84.2 cm³/mol. The first-order valence-electron chi connectivity index (χ1n) is 6.76. The van der Waals surface area contributed by atoms with Gasteiger partial charge in [0.15, 0.2) is 0 Å². The molecule has 0 radical (unpaired) electrons. The van der Waals surface area contributed by atoms with E-state index in [1.807, 2.05) is 31.3 Å². The van der Waals surface area contributed by atoms with Crippen molar-refractivity contribution in [3.8, 4) is 5.75 Å². The van der Waals surface area contributed by atoms with E-state index in [9.17, 15) is 0 Å². The zero-order chi connectivity index (χ0) is 14.9. The lowest BCUT2D eigenvalue weighted by Gasteiger charge is -2.32. The monoisotopic (exact) mass is 273 g/mol. The van der Waals surface area contributed by atoms with Crippen LogP contribution in [0.4, 0.5) is 5.69 Å². The van der Waals surface area contributed by atoms with Crippen molar-refractivity contribution < 1.29 is 4.74 Å². The van der Waals surface area contributed by atoms with E-state index in [2.05, 4.69) is 37.8 Å². The molecule has 1 heterocycles. The van der Waals surface area contributed by atoms with Gasteiger partial charge >= 0.3 is 0 Å². The summed E-state index contributed by atoms with van der Waals surface area (Å²) >= 11 is 0. The minimum atomic E-state index is -0.0320. The lowest BCUT2D eigenvalue weighted by Crippen LogP contribution is -2.43. The van der Waals surface area contributed by atoms with E-state index in [-0.39, 0.29) is 5.54 Å². The Morgan fingerprint density at radius 2 is 1.95 bits per heavy atom. The van der Waals surface area contributed by atoms with Crippen molar-refractivity contribution in [2.45, 2.75) is 26.3 Å². The summed E-state index contributed by atoms with van der Waals surface area (Å²) in [4.78, 5) is 6.45. The maximum atomic E-state index is 6.03. The third-order valence-electron chi connectivity index (χ3n) is 3.82. The van der Waals surface area contributed by atoms with Gasteiger partial charge in [0.1, 0.15) is 12.4 Å². The van der Waals surface area contributed by atoms with Crippen molar-refractivity contribution >= 4 is 16.5 Å². The molecule has 1 aromatic carbocycles. The van der Waals surface area contributed by atoms with Gasteiger partial charge in [-0.1, -0.05) is 0 Å². The average molecular weight is 273 g/mol. The SMILES string of the molecule is Cc1cc2c(OCC(C)(C)N(C)C)ccc(N)c2cn1. The molecule has 0 bridgehead atoms. The number of aryl methyl sites for hydroxylation is 1. The van der Waals surface area contributed by atoms with E-state index >= 15 is 0 Å². The van der Waals surface area contributed by atoms with Crippen LogP contribution in [0.25, 0.3) is 10.8 Å². The van der Waals surface area contributed by atoms with Crippen LogP contribution in [-0.2, 0) is 0 Å². The molecule has 2 N–H and O–H groups in total. The predicted octanol–water partition coefficient (Wildman–Crippen LogP) is 2.84. The fourth-order valence-corrected chi connectivity index (χ4v) is 1.85. The summed E-state index contributed by atoms with van der Waals surface area (Å²) in [6.45, 7) is 6.88. The topological polar surface area (TPSA) is 51.4 Å². The van der Waals surface area contributed by atoms with E-state index in [0.717, 1.165) is 27.9 Å². The Bertz CT molecular complexity index is 620. The molecule has 108 valence electrons. The van der Waals surface area contributed by atoms with Gasteiger partial charge in [-0.05, 0) is 53.1 Å². The van der Waals surface area contributed by atoms with E-state index in [1.54, 1.807) is 0 Å². The number of ether oxygens (including phenoxy) is 1. The van der Waals surface area contributed by atoms with Crippen LogP contribution in [-0.4, -0.2) is 36.1 Å². The van der Waals surface area contributed by atoms with Crippen LogP contribution >= 0.6 is 0 Å². The first kappa shape index (κ1) is 14.6. The summed E-state index contributed by atoms with van der Waals surface area (Å²) in [5.41, 5.74) is 7.66. The molecule has 1 aromatic heterocycles. The molecule has 0 fully saturated rings. The third kappa shape index (κ3) is 2.85. The first-order chi connectivity index (χ1) is 9.31. The molecule has 0 aliphatic heterocycles. The number of hydrogen-bond acceptors (Lipinski definition) is 4. The molecule has 4 heteroatoms. The molecule has 0 spiro atoms. The van der Waals surface area contributed by atoms with Crippen molar-refractivity contribution in [3.63, 3.8) is 0 Å². The largest absolute Gasteiger partial charge is 0.491 e. The zero-order valence-electron chi connectivity index (χ0n) is 12.9. The van der Waals surface area contributed by atoms with Crippen molar-refractivity contribution in [1.82, 2.24) is 9.88 Å². The minimum Gasteiger partial charge on any atom is -0.491 e. The number of hydrogen-bond donors (Lipinski definition) is 1. The van der Waals surface area contributed by atoms with Gasteiger partial charge in [0, 0.05) is 33.9 Å². The van der Waals surface area contributed by atoms with Gasteiger partial charge < -0.3 is 15.4 Å². The van der Waals surface area contributed by atoms with Crippen LogP contribution in [0, 0.1) is 6.92 Å². The van der Waals surface area contributed by atoms with E-state index in [0.29, 0.717) is 6.61 Å². The highest BCUT2D eigenvalue weighted by atomic mass is 16.5. The number of nitrogens with two attached hydrogens (primary N) is 1. The lowest BCUT2D eigenvalue weighted by molar-refractivity contribution is 0.115. The molecule has 0 saturated heterocycles. The van der Waals surface area contributed by atoms with Gasteiger partial charge in [-0.2, -0.15) is 0 Å². The van der Waals surface area contributed by atoms with Crippen molar-refractivity contribution in [2.24, 2.45) is 0 Å². The summed E-state index contributed by atoms with van der Waals surface area (Å²) in [6.07, 6.45) is 1.81. The number of aromatic nitrogens is 1. The van der Waals surface area contributed by atoms with Crippen LogP contribution in [0.2, 0.25) is 0 Å². The van der Waals surface area contributed by atoms with Crippen LogP contribution in [0.3, 0.4) is 0 Å². The van der Waals surface area contributed by atoms with Gasteiger partial charge in [0.25, 0.3) is 0 Å². The number of benzene rings is 1. The molecular formula is C16H23N3O. The Morgan fingerprint density at radius 3 is 2.60 bits per heavy atom.